The van der Waals surface area contributed by atoms with Crippen LogP contribution in [0.1, 0.15) is 37.0 Å². The predicted molar refractivity (Wildman–Crippen MR) is 76.5 cm³/mol. The van der Waals surface area contributed by atoms with Gasteiger partial charge in [0, 0.05) is 6.04 Å². The lowest BCUT2D eigenvalue weighted by atomic mass is 10.1. The number of carboxylic acids is 1. The number of hydrogen-bond donors (Lipinski definition) is 3. The second-order valence-electron chi connectivity index (χ2n) is 4.33. The van der Waals surface area contributed by atoms with Crippen LogP contribution < -0.4 is 15.4 Å². The van der Waals surface area contributed by atoms with Crippen molar-refractivity contribution in [2.45, 2.75) is 32.7 Å². The maximum atomic E-state index is 11.8. The number of aromatic carboxylic acids is 1. The lowest BCUT2D eigenvalue weighted by Gasteiger charge is -2.16. The summed E-state index contributed by atoms with van der Waals surface area (Å²) in [5.41, 5.74) is 0.228. The number of carboxylic acid groups (broad SMARTS) is 1. The molecule has 0 saturated carbocycles. The molecule has 1 rings (SSSR count). The van der Waals surface area contributed by atoms with Crippen molar-refractivity contribution in [2.75, 3.05) is 12.4 Å². The van der Waals surface area contributed by atoms with E-state index in [1.165, 1.54) is 19.2 Å². The van der Waals surface area contributed by atoms with Crippen molar-refractivity contribution in [3.63, 3.8) is 0 Å². The number of carbonyl (C=O) groups excluding carboxylic acids is 1. The van der Waals surface area contributed by atoms with Crippen LogP contribution in [0.3, 0.4) is 0 Å². The maximum absolute atomic E-state index is 11.8. The third-order valence-electron chi connectivity index (χ3n) is 3.03. The van der Waals surface area contributed by atoms with E-state index in [0.717, 1.165) is 12.8 Å². The molecule has 110 valence electrons. The summed E-state index contributed by atoms with van der Waals surface area (Å²) < 4.78 is 4.97. The van der Waals surface area contributed by atoms with Gasteiger partial charge in [0.15, 0.2) is 0 Å². The van der Waals surface area contributed by atoms with Crippen LogP contribution in [0.4, 0.5) is 10.5 Å². The first-order valence-corrected chi connectivity index (χ1v) is 6.50. The summed E-state index contributed by atoms with van der Waals surface area (Å²) in [6.45, 7) is 3.95. The number of benzene rings is 1. The smallest absolute Gasteiger partial charge is 0.337 e. The number of urea groups is 1. The Labute approximate surface area is 118 Å². The molecule has 0 aliphatic rings. The molecule has 0 bridgehead atoms. The van der Waals surface area contributed by atoms with Crippen LogP contribution in [0.5, 0.6) is 5.75 Å². The molecule has 0 unspecified atom stereocenters. The Hall–Kier alpha value is -2.24. The van der Waals surface area contributed by atoms with Gasteiger partial charge in [0.25, 0.3) is 0 Å². The molecule has 0 spiro atoms. The van der Waals surface area contributed by atoms with Crippen molar-refractivity contribution in [3.05, 3.63) is 23.8 Å². The summed E-state index contributed by atoms with van der Waals surface area (Å²) in [6, 6.07) is 4.14. The number of rotatable bonds is 6. The standard InChI is InChI=1S/C14H20N2O4/c1-4-9(5-2)15-14(19)16-12-7-6-10(20-3)8-11(12)13(17)18/h6-9H,4-5H2,1-3H3,(H,17,18)(H2,15,16,19). The van der Waals surface area contributed by atoms with Crippen molar-refractivity contribution < 1.29 is 19.4 Å². The number of amides is 2. The van der Waals surface area contributed by atoms with Gasteiger partial charge in [-0.25, -0.2) is 9.59 Å². The highest BCUT2D eigenvalue weighted by atomic mass is 16.5. The van der Waals surface area contributed by atoms with Gasteiger partial charge in [-0.05, 0) is 31.0 Å². The first kappa shape index (κ1) is 15.8. The molecule has 1 aromatic carbocycles. The molecular formula is C14H20N2O4. The van der Waals surface area contributed by atoms with Gasteiger partial charge >= 0.3 is 12.0 Å². The molecule has 0 fully saturated rings. The van der Waals surface area contributed by atoms with E-state index in [9.17, 15) is 9.59 Å². The summed E-state index contributed by atoms with van der Waals surface area (Å²) in [5.74, 6) is -0.699. The van der Waals surface area contributed by atoms with Gasteiger partial charge in [0.1, 0.15) is 5.75 Å². The highest BCUT2D eigenvalue weighted by molar-refractivity contribution is 6.00. The van der Waals surface area contributed by atoms with Crippen LogP contribution in [0.25, 0.3) is 0 Å². The molecule has 6 heteroatoms. The largest absolute Gasteiger partial charge is 0.497 e. The number of anilines is 1. The number of methoxy groups -OCH3 is 1. The molecule has 0 aliphatic heterocycles. The molecule has 0 aliphatic carbocycles. The van der Waals surface area contributed by atoms with Gasteiger partial charge in [-0.2, -0.15) is 0 Å². The SMILES string of the molecule is CCC(CC)NC(=O)Nc1ccc(OC)cc1C(=O)O. The highest BCUT2D eigenvalue weighted by Crippen LogP contribution is 2.22. The summed E-state index contributed by atoms with van der Waals surface area (Å²) in [7, 11) is 1.45. The van der Waals surface area contributed by atoms with Crippen LogP contribution in [0.15, 0.2) is 18.2 Å². The van der Waals surface area contributed by atoms with E-state index in [4.69, 9.17) is 9.84 Å². The fourth-order valence-corrected chi connectivity index (χ4v) is 1.77. The van der Waals surface area contributed by atoms with E-state index in [-0.39, 0.29) is 17.3 Å². The van der Waals surface area contributed by atoms with Gasteiger partial charge in [-0.1, -0.05) is 13.8 Å². The molecule has 1 aromatic rings. The van der Waals surface area contributed by atoms with Crippen molar-refractivity contribution >= 4 is 17.7 Å². The first-order valence-electron chi connectivity index (χ1n) is 6.50. The highest BCUT2D eigenvalue weighted by Gasteiger charge is 2.15. The van der Waals surface area contributed by atoms with Gasteiger partial charge in [0.05, 0.1) is 18.4 Å². The minimum absolute atomic E-state index is 0.0101. The van der Waals surface area contributed by atoms with Crippen molar-refractivity contribution in [2.24, 2.45) is 0 Å². The molecule has 0 heterocycles. The van der Waals surface area contributed by atoms with E-state index < -0.39 is 12.0 Å². The Balaban J connectivity index is 2.86. The zero-order valence-corrected chi connectivity index (χ0v) is 11.9. The molecule has 2 amide bonds. The summed E-state index contributed by atoms with van der Waals surface area (Å²) in [4.78, 5) is 23.0. The second-order valence-corrected chi connectivity index (χ2v) is 4.33. The van der Waals surface area contributed by atoms with Crippen LogP contribution in [-0.2, 0) is 0 Å². The summed E-state index contributed by atoms with van der Waals surface area (Å²) in [6.07, 6.45) is 1.64. The minimum Gasteiger partial charge on any atom is -0.497 e. The number of ether oxygens (including phenoxy) is 1. The summed E-state index contributed by atoms with van der Waals surface area (Å²) in [5, 5.41) is 14.5. The molecule has 0 aromatic heterocycles. The number of carbonyl (C=O) groups is 2. The topological polar surface area (TPSA) is 87.7 Å². The van der Waals surface area contributed by atoms with E-state index in [1.54, 1.807) is 6.07 Å². The third kappa shape index (κ3) is 4.15. The van der Waals surface area contributed by atoms with Gasteiger partial charge in [-0.3, -0.25) is 0 Å². The Morgan fingerprint density at radius 1 is 1.30 bits per heavy atom. The monoisotopic (exact) mass is 280 g/mol. The van der Waals surface area contributed by atoms with Crippen LogP contribution in [-0.4, -0.2) is 30.3 Å². The zero-order chi connectivity index (χ0) is 15.1. The fraction of sp³-hybridized carbons (Fsp3) is 0.429. The average Bonchev–Trinajstić information content (AvgIpc) is 2.44. The lowest BCUT2D eigenvalue weighted by Crippen LogP contribution is -2.37. The van der Waals surface area contributed by atoms with Crippen LogP contribution >= 0.6 is 0 Å². The van der Waals surface area contributed by atoms with Crippen molar-refractivity contribution in [3.8, 4) is 5.75 Å². The predicted octanol–water partition coefficient (Wildman–Crippen LogP) is 2.70. The van der Waals surface area contributed by atoms with E-state index in [1.807, 2.05) is 13.8 Å². The fourth-order valence-electron chi connectivity index (χ4n) is 1.77. The molecule has 3 N–H and O–H groups in total. The minimum atomic E-state index is -1.12. The van der Waals surface area contributed by atoms with E-state index in [0.29, 0.717) is 5.75 Å². The normalized spacial score (nSPS) is 10.2. The average molecular weight is 280 g/mol. The maximum Gasteiger partial charge on any atom is 0.337 e. The van der Waals surface area contributed by atoms with E-state index >= 15 is 0 Å². The second kappa shape index (κ2) is 7.37. The molecule has 0 atom stereocenters. The number of hydrogen-bond acceptors (Lipinski definition) is 3. The quantitative estimate of drug-likeness (QED) is 0.747. The van der Waals surface area contributed by atoms with Crippen LogP contribution in [0, 0.1) is 0 Å². The molecule has 0 radical (unpaired) electrons. The first-order chi connectivity index (χ1) is 9.51. The number of nitrogens with one attached hydrogen (secondary N) is 2. The lowest BCUT2D eigenvalue weighted by molar-refractivity contribution is 0.0697. The van der Waals surface area contributed by atoms with Crippen LogP contribution in [0.2, 0.25) is 0 Å². The Bertz CT molecular complexity index is 484. The van der Waals surface area contributed by atoms with Crippen molar-refractivity contribution in [1.29, 1.82) is 0 Å². The van der Waals surface area contributed by atoms with Gasteiger partial charge in [0.2, 0.25) is 0 Å². The van der Waals surface area contributed by atoms with Crippen molar-refractivity contribution in [1.82, 2.24) is 5.32 Å². The molecule has 6 nitrogen and oxygen atoms in total. The van der Waals surface area contributed by atoms with Gasteiger partial charge in [-0.15, -0.1) is 0 Å². The molecule has 0 saturated heterocycles. The zero-order valence-electron chi connectivity index (χ0n) is 11.9. The molecule has 20 heavy (non-hydrogen) atoms. The summed E-state index contributed by atoms with van der Waals surface area (Å²) >= 11 is 0. The van der Waals surface area contributed by atoms with Gasteiger partial charge < -0.3 is 20.5 Å². The Morgan fingerprint density at radius 2 is 1.95 bits per heavy atom. The Kier molecular flexibility index (Phi) is 5.83. The Morgan fingerprint density at radius 3 is 2.45 bits per heavy atom. The third-order valence-corrected chi connectivity index (χ3v) is 3.03. The van der Waals surface area contributed by atoms with E-state index in [2.05, 4.69) is 10.6 Å². The molecular weight excluding hydrogens is 260 g/mol.